The maximum atomic E-state index is 12.7. The van der Waals surface area contributed by atoms with Crippen molar-refractivity contribution in [3.63, 3.8) is 0 Å². The zero-order chi connectivity index (χ0) is 14.3. The molecule has 5 heteroatoms. The first kappa shape index (κ1) is 12.7. The van der Waals surface area contributed by atoms with Gasteiger partial charge in [-0.2, -0.15) is 13.2 Å². The fourth-order valence-corrected chi connectivity index (χ4v) is 2.22. The van der Waals surface area contributed by atoms with Crippen molar-refractivity contribution in [2.75, 3.05) is 0 Å². The summed E-state index contributed by atoms with van der Waals surface area (Å²) >= 11 is 0. The highest BCUT2D eigenvalue weighted by Crippen LogP contribution is 2.32. The summed E-state index contributed by atoms with van der Waals surface area (Å²) in [6.45, 7) is 0. The van der Waals surface area contributed by atoms with Crippen LogP contribution in [0.2, 0.25) is 0 Å². The van der Waals surface area contributed by atoms with E-state index in [0.29, 0.717) is 16.9 Å². The number of imidazole rings is 1. The van der Waals surface area contributed by atoms with E-state index in [2.05, 4.69) is 4.98 Å². The molecule has 0 bridgehead atoms. The molecular weight excluding hydrogens is 265 g/mol. The normalized spacial score (nSPS) is 12.0. The van der Waals surface area contributed by atoms with E-state index in [-0.39, 0.29) is 0 Å². The zero-order valence-corrected chi connectivity index (χ0v) is 10.6. The predicted octanol–water partition coefficient (Wildman–Crippen LogP) is 4.26. The Morgan fingerprint density at radius 1 is 1.00 bits per heavy atom. The van der Waals surface area contributed by atoms with Gasteiger partial charge in [-0.3, -0.25) is 0 Å². The van der Waals surface area contributed by atoms with Crippen LogP contribution in [-0.2, 0) is 13.2 Å². The van der Waals surface area contributed by atoms with Gasteiger partial charge in [-0.15, -0.1) is 0 Å². The van der Waals surface area contributed by atoms with E-state index < -0.39 is 11.7 Å². The van der Waals surface area contributed by atoms with Gasteiger partial charge in [0.2, 0.25) is 0 Å². The van der Waals surface area contributed by atoms with Crippen molar-refractivity contribution in [3.8, 4) is 11.4 Å². The molecule has 3 rings (SSSR count). The molecule has 0 atom stereocenters. The van der Waals surface area contributed by atoms with Crippen LogP contribution < -0.4 is 0 Å². The van der Waals surface area contributed by atoms with E-state index in [1.165, 1.54) is 6.07 Å². The molecule has 0 radical (unpaired) electrons. The lowest BCUT2D eigenvalue weighted by Crippen LogP contribution is -2.04. The Morgan fingerprint density at radius 2 is 1.70 bits per heavy atom. The number of alkyl halides is 3. The number of fused-ring (bicyclic) bond motifs is 1. The van der Waals surface area contributed by atoms with Gasteiger partial charge in [0.1, 0.15) is 5.82 Å². The molecule has 0 unspecified atom stereocenters. The van der Waals surface area contributed by atoms with Crippen molar-refractivity contribution in [1.82, 2.24) is 9.55 Å². The molecule has 102 valence electrons. The topological polar surface area (TPSA) is 17.8 Å². The van der Waals surface area contributed by atoms with Crippen molar-refractivity contribution >= 4 is 11.0 Å². The third kappa shape index (κ3) is 2.05. The second-order valence-electron chi connectivity index (χ2n) is 4.56. The maximum absolute atomic E-state index is 12.7. The minimum absolute atomic E-state index is 0.348. The molecule has 20 heavy (non-hydrogen) atoms. The van der Waals surface area contributed by atoms with Crippen LogP contribution in [0.5, 0.6) is 0 Å². The van der Waals surface area contributed by atoms with Crippen LogP contribution in [-0.4, -0.2) is 9.55 Å². The van der Waals surface area contributed by atoms with Gasteiger partial charge in [-0.1, -0.05) is 30.3 Å². The van der Waals surface area contributed by atoms with Crippen molar-refractivity contribution in [2.24, 2.45) is 7.05 Å². The van der Waals surface area contributed by atoms with Crippen molar-refractivity contribution in [1.29, 1.82) is 0 Å². The Balaban J connectivity index is 2.20. The first-order valence-corrected chi connectivity index (χ1v) is 6.06. The predicted molar refractivity (Wildman–Crippen MR) is 71.2 cm³/mol. The molecule has 0 fully saturated rings. The van der Waals surface area contributed by atoms with Crippen LogP contribution in [0.3, 0.4) is 0 Å². The van der Waals surface area contributed by atoms with Gasteiger partial charge in [-0.05, 0) is 18.2 Å². The molecule has 0 spiro atoms. The van der Waals surface area contributed by atoms with E-state index >= 15 is 0 Å². The monoisotopic (exact) mass is 276 g/mol. The minimum Gasteiger partial charge on any atom is -0.327 e. The first-order valence-electron chi connectivity index (χ1n) is 6.06. The number of aromatic nitrogens is 2. The summed E-state index contributed by atoms with van der Waals surface area (Å²) in [4.78, 5) is 4.32. The molecule has 0 aliphatic rings. The fourth-order valence-electron chi connectivity index (χ4n) is 2.22. The lowest BCUT2D eigenvalue weighted by Gasteiger charge is -2.05. The largest absolute Gasteiger partial charge is 0.416 e. The smallest absolute Gasteiger partial charge is 0.327 e. The van der Waals surface area contributed by atoms with Crippen molar-refractivity contribution in [2.45, 2.75) is 6.18 Å². The Bertz CT molecular complexity index is 758. The molecule has 0 saturated carbocycles. The Labute approximate surface area is 113 Å². The van der Waals surface area contributed by atoms with Gasteiger partial charge in [0.05, 0.1) is 16.6 Å². The lowest BCUT2D eigenvalue weighted by molar-refractivity contribution is -0.137. The highest BCUT2D eigenvalue weighted by Gasteiger charge is 2.31. The van der Waals surface area contributed by atoms with E-state index in [0.717, 1.165) is 17.7 Å². The Hall–Kier alpha value is -2.30. The zero-order valence-electron chi connectivity index (χ0n) is 10.6. The molecule has 0 amide bonds. The number of aryl methyl sites for hydroxylation is 1. The number of hydrogen-bond acceptors (Lipinski definition) is 1. The average Bonchev–Trinajstić information content (AvgIpc) is 2.76. The minimum atomic E-state index is -4.35. The van der Waals surface area contributed by atoms with Crippen LogP contribution in [0, 0.1) is 0 Å². The summed E-state index contributed by atoms with van der Waals surface area (Å²) in [5.74, 6) is 0.653. The van der Waals surface area contributed by atoms with Crippen LogP contribution in [0.25, 0.3) is 22.4 Å². The van der Waals surface area contributed by atoms with Gasteiger partial charge in [0.25, 0.3) is 0 Å². The summed E-state index contributed by atoms with van der Waals surface area (Å²) in [7, 11) is 1.80. The summed E-state index contributed by atoms with van der Waals surface area (Å²) in [6, 6.07) is 13.0. The number of halogens is 3. The third-order valence-corrected chi connectivity index (χ3v) is 3.24. The molecular formula is C15H11F3N2. The molecule has 0 saturated heterocycles. The summed E-state index contributed by atoms with van der Waals surface area (Å²) in [6.07, 6.45) is -4.35. The first-order chi connectivity index (χ1) is 9.47. The molecule has 0 aliphatic carbocycles. The summed E-state index contributed by atoms with van der Waals surface area (Å²) in [5, 5.41) is 0. The van der Waals surface area contributed by atoms with E-state index in [4.69, 9.17) is 0 Å². The third-order valence-electron chi connectivity index (χ3n) is 3.24. The Morgan fingerprint density at radius 3 is 2.35 bits per heavy atom. The van der Waals surface area contributed by atoms with Crippen LogP contribution in [0.4, 0.5) is 13.2 Å². The van der Waals surface area contributed by atoms with Gasteiger partial charge < -0.3 is 4.57 Å². The highest BCUT2D eigenvalue weighted by atomic mass is 19.4. The van der Waals surface area contributed by atoms with Crippen LogP contribution in [0.15, 0.2) is 48.5 Å². The molecule has 0 N–H and O–H groups in total. The van der Waals surface area contributed by atoms with Crippen LogP contribution >= 0.6 is 0 Å². The van der Waals surface area contributed by atoms with Gasteiger partial charge >= 0.3 is 6.18 Å². The second-order valence-corrected chi connectivity index (χ2v) is 4.56. The number of nitrogens with zero attached hydrogens (tertiary/aromatic N) is 2. The molecule has 0 aliphatic heterocycles. The summed E-state index contributed by atoms with van der Waals surface area (Å²) < 4.78 is 39.9. The maximum Gasteiger partial charge on any atom is 0.416 e. The fraction of sp³-hybridized carbons (Fsp3) is 0.133. The van der Waals surface area contributed by atoms with Gasteiger partial charge in [0.15, 0.2) is 0 Å². The molecule has 1 aromatic heterocycles. The second kappa shape index (κ2) is 4.37. The van der Waals surface area contributed by atoms with Crippen molar-refractivity contribution < 1.29 is 13.2 Å². The quantitative estimate of drug-likeness (QED) is 0.649. The molecule has 2 aromatic carbocycles. The van der Waals surface area contributed by atoms with E-state index in [9.17, 15) is 13.2 Å². The summed E-state index contributed by atoms with van der Waals surface area (Å²) in [5.41, 5.74) is 1.22. The molecule has 2 nitrogen and oxygen atoms in total. The lowest BCUT2D eigenvalue weighted by atomic mass is 10.2. The molecule has 1 heterocycles. The van der Waals surface area contributed by atoms with Gasteiger partial charge in [-0.25, -0.2) is 4.98 Å². The SMILES string of the molecule is Cn1c(-c2ccccc2)nc2cc(C(F)(F)F)ccc21. The number of benzene rings is 2. The van der Waals surface area contributed by atoms with E-state index in [1.807, 2.05) is 30.3 Å². The standard InChI is InChI=1S/C15H11F3N2/c1-20-13-8-7-11(15(16,17)18)9-12(13)19-14(20)10-5-3-2-4-6-10/h2-9H,1H3. The van der Waals surface area contributed by atoms with Crippen LogP contribution in [0.1, 0.15) is 5.56 Å². The molecule has 3 aromatic rings. The van der Waals surface area contributed by atoms with Gasteiger partial charge in [0, 0.05) is 12.6 Å². The Kier molecular flexibility index (Phi) is 2.78. The average molecular weight is 276 g/mol. The highest BCUT2D eigenvalue weighted by molar-refractivity contribution is 5.81. The number of rotatable bonds is 1. The number of hydrogen-bond donors (Lipinski definition) is 0. The van der Waals surface area contributed by atoms with E-state index in [1.54, 1.807) is 11.6 Å². The van der Waals surface area contributed by atoms with Crippen molar-refractivity contribution in [3.05, 3.63) is 54.1 Å².